The summed E-state index contributed by atoms with van der Waals surface area (Å²) in [6, 6.07) is 7.71. The van der Waals surface area contributed by atoms with Crippen LogP contribution in [0.25, 0.3) is 0 Å². The molecule has 1 atom stereocenters. The summed E-state index contributed by atoms with van der Waals surface area (Å²) >= 11 is 0. The molecule has 0 aromatic heterocycles. The number of benzene rings is 1. The van der Waals surface area contributed by atoms with Gasteiger partial charge in [0.05, 0.1) is 0 Å². The van der Waals surface area contributed by atoms with Crippen LogP contribution < -0.4 is 10.1 Å². The third-order valence-corrected chi connectivity index (χ3v) is 2.97. The van der Waals surface area contributed by atoms with Gasteiger partial charge in [-0.05, 0) is 25.0 Å². The Morgan fingerprint density at radius 1 is 1.50 bits per heavy atom. The monoisotopic (exact) mass is 244 g/mol. The maximum absolute atomic E-state index is 11.3. The van der Waals surface area contributed by atoms with E-state index in [1.54, 1.807) is 0 Å². The third-order valence-electron chi connectivity index (χ3n) is 2.97. The first-order chi connectivity index (χ1) is 8.74. The quantitative estimate of drug-likeness (QED) is 0.885. The van der Waals surface area contributed by atoms with Gasteiger partial charge >= 0.3 is 0 Å². The fourth-order valence-corrected chi connectivity index (χ4v) is 2.07. The highest BCUT2D eigenvalue weighted by Crippen LogP contribution is 2.31. The van der Waals surface area contributed by atoms with E-state index in [0.717, 1.165) is 17.7 Å². The normalized spacial score (nSPS) is 15.2. The molecule has 1 aliphatic rings. The lowest BCUT2D eigenvalue weighted by Crippen LogP contribution is -2.21. The second-order valence-electron chi connectivity index (χ2n) is 4.35. The van der Waals surface area contributed by atoms with E-state index in [2.05, 4.69) is 11.4 Å². The van der Waals surface area contributed by atoms with Crippen LogP contribution in [-0.2, 0) is 11.2 Å². The van der Waals surface area contributed by atoms with Crippen LogP contribution in [0.2, 0.25) is 0 Å². The third kappa shape index (κ3) is 2.62. The van der Waals surface area contributed by atoms with Crippen molar-refractivity contribution in [1.82, 2.24) is 0 Å². The molecular formula is C14H16N2O2. The lowest BCUT2D eigenvalue weighted by molar-refractivity contribution is -0.116. The van der Waals surface area contributed by atoms with Crippen LogP contribution in [0.3, 0.4) is 0 Å². The van der Waals surface area contributed by atoms with E-state index in [4.69, 9.17) is 10.00 Å². The number of amides is 1. The highest BCUT2D eigenvalue weighted by molar-refractivity contribution is 5.94. The summed E-state index contributed by atoms with van der Waals surface area (Å²) in [7, 11) is 0. The van der Waals surface area contributed by atoms with Crippen LogP contribution in [0.1, 0.15) is 31.7 Å². The second kappa shape index (κ2) is 5.54. The molecule has 1 unspecified atom stereocenters. The number of rotatable bonds is 4. The lowest BCUT2D eigenvalue weighted by atomic mass is 10.0. The Balaban J connectivity index is 2.21. The topological polar surface area (TPSA) is 62.1 Å². The molecule has 1 aromatic rings. The Hall–Kier alpha value is -2.02. The zero-order chi connectivity index (χ0) is 13.0. The summed E-state index contributed by atoms with van der Waals surface area (Å²) in [4.78, 5) is 11.3. The highest BCUT2D eigenvalue weighted by Gasteiger charge is 2.19. The molecule has 1 aliphatic heterocycles. The van der Waals surface area contributed by atoms with Gasteiger partial charge in [0.15, 0.2) is 6.10 Å². The Morgan fingerprint density at radius 3 is 3.06 bits per heavy atom. The van der Waals surface area contributed by atoms with E-state index in [0.29, 0.717) is 25.0 Å². The number of fused-ring (bicyclic) bond motifs is 1. The van der Waals surface area contributed by atoms with Crippen LogP contribution in [-0.4, -0.2) is 12.0 Å². The Kier molecular flexibility index (Phi) is 3.83. The van der Waals surface area contributed by atoms with Gasteiger partial charge in [-0.2, -0.15) is 5.26 Å². The van der Waals surface area contributed by atoms with E-state index < -0.39 is 6.10 Å². The van der Waals surface area contributed by atoms with Crippen molar-refractivity contribution in [3.05, 3.63) is 23.8 Å². The van der Waals surface area contributed by atoms with E-state index >= 15 is 0 Å². The maximum atomic E-state index is 11.3. The van der Waals surface area contributed by atoms with Crippen molar-refractivity contribution in [1.29, 1.82) is 5.26 Å². The van der Waals surface area contributed by atoms with Crippen LogP contribution in [0.4, 0.5) is 5.69 Å². The fraction of sp³-hybridized carbons (Fsp3) is 0.429. The number of anilines is 1. The van der Waals surface area contributed by atoms with Gasteiger partial charge in [-0.1, -0.05) is 19.4 Å². The second-order valence-corrected chi connectivity index (χ2v) is 4.35. The van der Waals surface area contributed by atoms with Gasteiger partial charge in [0.2, 0.25) is 5.91 Å². The minimum atomic E-state index is -0.417. The molecule has 2 rings (SSSR count). The number of nitrogens with one attached hydrogen (secondary N) is 1. The first kappa shape index (κ1) is 12.4. The Morgan fingerprint density at radius 2 is 2.33 bits per heavy atom. The first-order valence-electron chi connectivity index (χ1n) is 6.22. The predicted octanol–water partition coefficient (Wildman–Crippen LogP) is 2.64. The molecule has 0 radical (unpaired) electrons. The number of hydrogen-bond donors (Lipinski definition) is 1. The van der Waals surface area contributed by atoms with Crippen molar-refractivity contribution in [3.8, 4) is 11.8 Å². The van der Waals surface area contributed by atoms with E-state index in [-0.39, 0.29) is 5.91 Å². The first-order valence-corrected chi connectivity index (χ1v) is 6.22. The van der Waals surface area contributed by atoms with Crippen molar-refractivity contribution < 1.29 is 9.53 Å². The van der Waals surface area contributed by atoms with Crippen LogP contribution in [0, 0.1) is 11.3 Å². The van der Waals surface area contributed by atoms with Crippen molar-refractivity contribution >= 4 is 11.6 Å². The van der Waals surface area contributed by atoms with Crippen molar-refractivity contribution in [2.45, 2.75) is 38.7 Å². The summed E-state index contributed by atoms with van der Waals surface area (Å²) in [6.07, 6.45) is 2.34. The van der Waals surface area contributed by atoms with E-state index in [9.17, 15) is 4.79 Å². The van der Waals surface area contributed by atoms with Crippen LogP contribution >= 0.6 is 0 Å². The average Bonchev–Trinajstić information content (AvgIpc) is 2.38. The summed E-state index contributed by atoms with van der Waals surface area (Å²) in [5.41, 5.74) is 1.80. The van der Waals surface area contributed by atoms with Crippen LogP contribution in [0.5, 0.6) is 5.75 Å². The summed E-state index contributed by atoms with van der Waals surface area (Å²) in [5, 5.41) is 11.8. The molecule has 4 nitrogen and oxygen atoms in total. The molecule has 18 heavy (non-hydrogen) atoms. The van der Waals surface area contributed by atoms with Gasteiger partial charge in [-0.25, -0.2) is 0 Å². The van der Waals surface area contributed by atoms with Gasteiger partial charge in [0.25, 0.3) is 0 Å². The highest BCUT2D eigenvalue weighted by atomic mass is 16.5. The number of carbonyl (C=O) groups excluding carboxylic acids is 1. The molecule has 94 valence electrons. The molecule has 0 saturated carbocycles. The summed E-state index contributed by atoms with van der Waals surface area (Å²) in [5.74, 6) is 0.748. The standard InChI is InChI=1S/C14H16N2O2/c1-2-4-10(9-15)18-13-6-3-5-12-11(13)7-8-14(17)16-12/h3,5-6,10H,2,4,7-8H2,1H3,(H,16,17). The van der Waals surface area contributed by atoms with Gasteiger partial charge in [-0.15, -0.1) is 0 Å². The Labute approximate surface area is 107 Å². The molecule has 0 saturated heterocycles. The van der Waals surface area contributed by atoms with Crippen molar-refractivity contribution in [2.24, 2.45) is 0 Å². The minimum Gasteiger partial charge on any atom is -0.475 e. The SMILES string of the molecule is CCCC(C#N)Oc1cccc2c1CCC(=O)N2. The molecule has 0 aliphatic carbocycles. The molecule has 4 heteroatoms. The summed E-state index contributed by atoms with van der Waals surface area (Å²) < 4.78 is 5.73. The number of hydrogen-bond acceptors (Lipinski definition) is 3. The number of ether oxygens (including phenoxy) is 1. The van der Waals surface area contributed by atoms with E-state index in [1.807, 2.05) is 25.1 Å². The van der Waals surface area contributed by atoms with Gasteiger partial charge in [0.1, 0.15) is 11.8 Å². The van der Waals surface area contributed by atoms with Crippen molar-refractivity contribution in [3.63, 3.8) is 0 Å². The fourth-order valence-electron chi connectivity index (χ4n) is 2.07. The molecule has 0 bridgehead atoms. The van der Waals surface area contributed by atoms with Gasteiger partial charge < -0.3 is 10.1 Å². The lowest BCUT2D eigenvalue weighted by Gasteiger charge is -2.21. The number of nitriles is 1. The minimum absolute atomic E-state index is 0.0324. The Bertz CT molecular complexity index is 491. The van der Waals surface area contributed by atoms with E-state index in [1.165, 1.54) is 0 Å². The molecule has 0 spiro atoms. The predicted molar refractivity (Wildman–Crippen MR) is 68.3 cm³/mol. The zero-order valence-corrected chi connectivity index (χ0v) is 10.4. The largest absolute Gasteiger partial charge is 0.475 e. The molecule has 1 N–H and O–H groups in total. The van der Waals surface area contributed by atoms with Crippen molar-refractivity contribution in [2.75, 3.05) is 5.32 Å². The van der Waals surface area contributed by atoms with Gasteiger partial charge in [0, 0.05) is 17.7 Å². The average molecular weight is 244 g/mol. The molecular weight excluding hydrogens is 228 g/mol. The molecule has 1 amide bonds. The van der Waals surface area contributed by atoms with Crippen LogP contribution in [0.15, 0.2) is 18.2 Å². The zero-order valence-electron chi connectivity index (χ0n) is 10.4. The molecule has 0 fully saturated rings. The summed E-state index contributed by atoms with van der Waals surface area (Å²) in [6.45, 7) is 2.02. The number of carbonyl (C=O) groups is 1. The molecule has 1 aromatic carbocycles. The smallest absolute Gasteiger partial charge is 0.224 e. The van der Waals surface area contributed by atoms with Gasteiger partial charge in [-0.3, -0.25) is 4.79 Å². The number of nitrogens with zero attached hydrogens (tertiary/aromatic N) is 1. The molecule has 1 heterocycles. The maximum Gasteiger partial charge on any atom is 0.224 e.